The lowest BCUT2D eigenvalue weighted by atomic mass is 9.77. The van der Waals surface area contributed by atoms with Gasteiger partial charge in [-0.3, -0.25) is 4.79 Å². The fourth-order valence-corrected chi connectivity index (χ4v) is 2.62. The second kappa shape index (κ2) is 5.87. The fraction of sp³-hybridized carbons (Fsp3) is 0.533. The number of amides is 1. The van der Waals surface area contributed by atoms with Crippen LogP contribution in [0.25, 0.3) is 0 Å². The predicted molar refractivity (Wildman–Crippen MR) is 71.3 cm³/mol. The number of nitrogens with one attached hydrogen (secondary N) is 1. The molecule has 0 spiro atoms. The van der Waals surface area contributed by atoms with E-state index < -0.39 is 23.1 Å². The van der Waals surface area contributed by atoms with E-state index in [0.717, 1.165) is 31.0 Å². The van der Waals surface area contributed by atoms with Crippen LogP contribution in [0.15, 0.2) is 18.2 Å². The number of aliphatic hydroxyl groups excluding tert-OH is 1. The summed E-state index contributed by atoms with van der Waals surface area (Å²) >= 11 is 0. The van der Waals surface area contributed by atoms with Crippen molar-refractivity contribution in [1.82, 2.24) is 5.32 Å². The smallest absolute Gasteiger partial charge is 0.254 e. The highest BCUT2D eigenvalue weighted by Gasteiger charge is 2.35. The minimum Gasteiger partial charge on any atom is -0.394 e. The summed E-state index contributed by atoms with van der Waals surface area (Å²) in [4.78, 5) is 12.1. The van der Waals surface area contributed by atoms with E-state index in [2.05, 4.69) is 12.2 Å². The van der Waals surface area contributed by atoms with Crippen molar-refractivity contribution in [3.8, 4) is 0 Å². The van der Waals surface area contributed by atoms with Crippen molar-refractivity contribution in [3.63, 3.8) is 0 Å². The molecule has 0 bridgehead atoms. The Balaban J connectivity index is 2.15. The maximum absolute atomic E-state index is 13.6. The number of carbonyl (C=O) groups is 1. The molecule has 1 aromatic rings. The molecule has 2 N–H and O–H groups in total. The third-order valence-electron chi connectivity index (χ3n) is 4.09. The van der Waals surface area contributed by atoms with Gasteiger partial charge in [0.1, 0.15) is 11.6 Å². The Morgan fingerprint density at radius 1 is 1.40 bits per heavy atom. The third-order valence-corrected chi connectivity index (χ3v) is 4.09. The number of carbonyl (C=O) groups excluding carboxylic acids is 1. The van der Waals surface area contributed by atoms with Crippen molar-refractivity contribution in [2.75, 3.05) is 6.61 Å². The zero-order valence-corrected chi connectivity index (χ0v) is 11.5. The molecule has 0 radical (unpaired) electrons. The van der Waals surface area contributed by atoms with Crippen LogP contribution >= 0.6 is 0 Å². The van der Waals surface area contributed by atoms with Gasteiger partial charge in [0, 0.05) is 0 Å². The van der Waals surface area contributed by atoms with Crippen molar-refractivity contribution < 1.29 is 18.7 Å². The largest absolute Gasteiger partial charge is 0.394 e. The van der Waals surface area contributed by atoms with Crippen LogP contribution in [0.1, 0.15) is 43.0 Å². The van der Waals surface area contributed by atoms with Gasteiger partial charge in [-0.2, -0.15) is 0 Å². The van der Waals surface area contributed by atoms with Crippen molar-refractivity contribution in [3.05, 3.63) is 35.4 Å². The predicted octanol–water partition coefficient (Wildman–Crippen LogP) is 2.64. The van der Waals surface area contributed by atoms with Crippen molar-refractivity contribution in [2.45, 2.75) is 38.1 Å². The van der Waals surface area contributed by atoms with Gasteiger partial charge < -0.3 is 10.4 Å². The van der Waals surface area contributed by atoms with E-state index in [-0.39, 0.29) is 12.2 Å². The Kier molecular flexibility index (Phi) is 4.38. The molecule has 20 heavy (non-hydrogen) atoms. The highest BCUT2D eigenvalue weighted by Crippen LogP contribution is 2.32. The quantitative estimate of drug-likeness (QED) is 0.896. The van der Waals surface area contributed by atoms with Crippen LogP contribution in [0, 0.1) is 17.6 Å². The Bertz CT molecular complexity index is 497. The van der Waals surface area contributed by atoms with Crippen molar-refractivity contribution >= 4 is 5.91 Å². The molecule has 0 heterocycles. The molecule has 0 atom stereocenters. The molecule has 1 amide bonds. The molecule has 1 aromatic carbocycles. The first-order valence-corrected chi connectivity index (χ1v) is 6.84. The lowest BCUT2D eigenvalue weighted by molar-refractivity contribution is 0.0713. The highest BCUT2D eigenvalue weighted by atomic mass is 19.1. The topological polar surface area (TPSA) is 49.3 Å². The SMILES string of the molecule is CC1CCC(CO)(NC(=O)c2cc(F)ccc2F)CC1. The summed E-state index contributed by atoms with van der Waals surface area (Å²) in [5, 5.41) is 12.3. The molecular formula is C15H19F2NO2. The molecule has 1 aliphatic carbocycles. The molecule has 1 fully saturated rings. The number of hydrogen-bond acceptors (Lipinski definition) is 2. The monoisotopic (exact) mass is 283 g/mol. The fourth-order valence-electron chi connectivity index (χ4n) is 2.62. The van der Waals surface area contributed by atoms with Crippen LogP contribution in [0.5, 0.6) is 0 Å². The highest BCUT2D eigenvalue weighted by molar-refractivity contribution is 5.95. The molecule has 0 saturated heterocycles. The number of rotatable bonds is 3. The molecule has 5 heteroatoms. The Morgan fingerprint density at radius 2 is 2.05 bits per heavy atom. The number of hydrogen-bond donors (Lipinski definition) is 2. The summed E-state index contributed by atoms with van der Waals surface area (Å²) in [5.41, 5.74) is -1.04. The molecule has 2 rings (SSSR count). The van der Waals surface area contributed by atoms with E-state index >= 15 is 0 Å². The van der Waals surface area contributed by atoms with Crippen molar-refractivity contribution in [1.29, 1.82) is 0 Å². The Morgan fingerprint density at radius 3 is 2.65 bits per heavy atom. The van der Waals surface area contributed by atoms with Gasteiger partial charge in [-0.1, -0.05) is 6.92 Å². The van der Waals surface area contributed by atoms with Gasteiger partial charge in [0.2, 0.25) is 0 Å². The number of aliphatic hydroxyl groups is 1. The zero-order valence-electron chi connectivity index (χ0n) is 11.5. The van der Waals surface area contributed by atoms with E-state index in [4.69, 9.17) is 0 Å². The molecule has 1 aliphatic rings. The number of halogens is 2. The Labute approximate surface area is 117 Å². The summed E-state index contributed by atoms with van der Waals surface area (Å²) in [7, 11) is 0. The van der Waals surface area contributed by atoms with E-state index in [1.165, 1.54) is 0 Å². The summed E-state index contributed by atoms with van der Waals surface area (Å²) in [6.07, 6.45) is 3.08. The summed E-state index contributed by atoms with van der Waals surface area (Å²) in [6, 6.07) is 2.77. The van der Waals surface area contributed by atoms with Crippen LogP contribution in [-0.4, -0.2) is 23.2 Å². The van der Waals surface area contributed by atoms with Gasteiger partial charge in [-0.15, -0.1) is 0 Å². The summed E-state index contributed by atoms with van der Waals surface area (Å²) < 4.78 is 26.7. The molecule has 1 saturated carbocycles. The lowest BCUT2D eigenvalue weighted by Gasteiger charge is -2.38. The zero-order chi connectivity index (χ0) is 14.8. The van der Waals surface area contributed by atoms with Crippen LogP contribution < -0.4 is 5.32 Å². The first kappa shape index (κ1) is 14.9. The van der Waals surface area contributed by atoms with Gasteiger partial charge in [-0.25, -0.2) is 8.78 Å². The molecule has 3 nitrogen and oxygen atoms in total. The minimum atomic E-state index is -0.763. The first-order chi connectivity index (χ1) is 9.46. The van der Waals surface area contributed by atoms with E-state index in [9.17, 15) is 18.7 Å². The van der Waals surface area contributed by atoms with Gasteiger partial charge >= 0.3 is 0 Å². The average Bonchev–Trinajstić information content (AvgIpc) is 2.44. The van der Waals surface area contributed by atoms with E-state index in [1.54, 1.807) is 0 Å². The molecule has 0 unspecified atom stereocenters. The second-order valence-electron chi connectivity index (χ2n) is 5.70. The van der Waals surface area contributed by atoms with Gasteiger partial charge in [0.15, 0.2) is 0 Å². The minimum absolute atomic E-state index is 0.192. The average molecular weight is 283 g/mol. The van der Waals surface area contributed by atoms with Crippen LogP contribution in [0.3, 0.4) is 0 Å². The molecule has 0 aromatic heterocycles. The van der Waals surface area contributed by atoms with Crippen LogP contribution in [-0.2, 0) is 0 Å². The maximum atomic E-state index is 13.6. The lowest BCUT2D eigenvalue weighted by Crippen LogP contribution is -2.53. The van der Waals surface area contributed by atoms with E-state index in [1.807, 2.05) is 0 Å². The van der Waals surface area contributed by atoms with Crippen LogP contribution in [0.4, 0.5) is 8.78 Å². The molecule has 110 valence electrons. The third kappa shape index (κ3) is 3.15. The van der Waals surface area contributed by atoms with Gasteiger partial charge in [-0.05, 0) is 49.8 Å². The molecule has 0 aliphatic heterocycles. The van der Waals surface area contributed by atoms with E-state index in [0.29, 0.717) is 18.8 Å². The standard InChI is InChI=1S/C15H19F2NO2/c1-10-4-6-15(9-19,7-5-10)18-14(20)12-8-11(16)2-3-13(12)17/h2-3,8,10,19H,4-7,9H2,1H3,(H,18,20). The summed E-state index contributed by atoms with van der Waals surface area (Å²) in [5.74, 6) is -1.55. The number of benzene rings is 1. The van der Waals surface area contributed by atoms with Crippen LogP contribution in [0.2, 0.25) is 0 Å². The Hall–Kier alpha value is -1.49. The molecular weight excluding hydrogens is 264 g/mol. The maximum Gasteiger partial charge on any atom is 0.254 e. The summed E-state index contributed by atoms with van der Waals surface area (Å²) in [6.45, 7) is 1.93. The normalized spacial score (nSPS) is 26.3. The second-order valence-corrected chi connectivity index (χ2v) is 5.70. The van der Waals surface area contributed by atoms with Gasteiger partial charge in [0.05, 0.1) is 17.7 Å². The first-order valence-electron chi connectivity index (χ1n) is 6.84. The van der Waals surface area contributed by atoms with Crippen molar-refractivity contribution in [2.24, 2.45) is 5.92 Å². The van der Waals surface area contributed by atoms with Gasteiger partial charge in [0.25, 0.3) is 5.91 Å².